The van der Waals surface area contributed by atoms with Gasteiger partial charge in [0.15, 0.2) is 0 Å². The van der Waals surface area contributed by atoms with Gasteiger partial charge in [-0.15, -0.1) is 0 Å². The fraction of sp³-hybridized carbons (Fsp3) is 0.457. The van der Waals surface area contributed by atoms with Crippen LogP contribution in [0, 0.1) is 22.7 Å². The molecule has 1 aromatic carbocycles. The lowest BCUT2D eigenvalue weighted by molar-refractivity contribution is -0.130. The van der Waals surface area contributed by atoms with Gasteiger partial charge in [-0.3, -0.25) is 14.6 Å². The molecule has 0 saturated carbocycles. The lowest BCUT2D eigenvalue weighted by Crippen LogP contribution is -2.39. The first kappa shape index (κ1) is 32.6. The first-order chi connectivity index (χ1) is 20.5. The van der Waals surface area contributed by atoms with Crippen molar-refractivity contribution in [3.8, 4) is 33.8 Å². The summed E-state index contributed by atoms with van der Waals surface area (Å²) in [4.78, 5) is 45.9. The maximum Gasteiger partial charge on any atom is 0.225 e. The molecular formula is C35H47N7O2. The number of benzene rings is 1. The lowest BCUT2D eigenvalue weighted by Gasteiger charge is -2.25. The fourth-order valence-corrected chi connectivity index (χ4v) is 4.65. The van der Waals surface area contributed by atoms with Gasteiger partial charge in [0.2, 0.25) is 11.8 Å². The molecule has 9 nitrogen and oxygen atoms in total. The Bertz CT molecular complexity index is 1450. The zero-order chi connectivity index (χ0) is 32.4. The van der Waals surface area contributed by atoms with Crippen LogP contribution in [0.1, 0.15) is 93.0 Å². The van der Waals surface area contributed by atoms with E-state index in [2.05, 4.69) is 82.5 Å². The summed E-state index contributed by atoms with van der Waals surface area (Å²) in [6.45, 7) is 19.7. The van der Waals surface area contributed by atoms with E-state index in [-0.39, 0.29) is 35.7 Å². The molecule has 44 heavy (non-hydrogen) atoms. The Balaban J connectivity index is 1.47. The molecule has 9 heteroatoms. The third kappa shape index (κ3) is 7.62. The minimum atomic E-state index is -0.485. The van der Waals surface area contributed by atoms with E-state index in [1.54, 1.807) is 6.20 Å². The predicted molar refractivity (Wildman–Crippen MR) is 175 cm³/mol. The Hall–Kier alpha value is -4.27. The maximum absolute atomic E-state index is 12.6. The summed E-state index contributed by atoms with van der Waals surface area (Å²) in [7, 11) is 0. The van der Waals surface area contributed by atoms with Gasteiger partial charge in [0.1, 0.15) is 11.6 Å². The summed E-state index contributed by atoms with van der Waals surface area (Å²) in [6.07, 6.45) is 5.43. The van der Waals surface area contributed by atoms with E-state index in [4.69, 9.17) is 4.98 Å². The van der Waals surface area contributed by atoms with Gasteiger partial charge in [0.05, 0.1) is 41.6 Å². The number of rotatable bonds is 9. The Morgan fingerprint density at radius 3 is 1.45 bits per heavy atom. The molecule has 0 saturated heterocycles. The Labute approximate surface area is 261 Å². The summed E-state index contributed by atoms with van der Waals surface area (Å²) in [6, 6.07) is 11.8. The Morgan fingerprint density at radius 2 is 1.02 bits per heavy atom. The molecule has 3 aromatic heterocycles. The molecular weight excluding hydrogens is 550 g/mol. The molecule has 234 valence electrons. The van der Waals surface area contributed by atoms with Crippen molar-refractivity contribution in [3.63, 3.8) is 0 Å². The molecule has 2 atom stereocenters. The number of amides is 2. The van der Waals surface area contributed by atoms with Crippen molar-refractivity contribution in [1.82, 2.24) is 35.6 Å². The van der Waals surface area contributed by atoms with E-state index in [0.717, 1.165) is 39.6 Å². The van der Waals surface area contributed by atoms with Crippen LogP contribution >= 0.6 is 0 Å². The van der Waals surface area contributed by atoms with Crippen LogP contribution in [-0.4, -0.2) is 36.7 Å². The van der Waals surface area contributed by atoms with Crippen molar-refractivity contribution >= 4 is 11.8 Å². The highest BCUT2D eigenvalue weighted by atomic mass is 16.2. The second-order valence-corrected chi connectivity index (χ2v) is 14.3. The monoisotopic (exact) mass is 597 g/mol. The summed E-state index contributed by atoms with van der Waals surface area (Å²) in [5.41, 5.74) is 4.54. The molecule has 2 amide bonds. The number of nitrogens with zero attached hydrogens (tertiary/aromatic N) is 3. The number of carbonyl (C=O) groups excluding carboxylic acids is 2. The normalized spacial score (nSPS) is 13.6. The molecule has 4 N–H and O–H groups in total. The topological polar surface area (TPSA) is 128 Å². The van der Waals surface area contributed by atoms with Crippen LogP contribution in [0.25, 0.3) is 33.8 Å². The molecule has 0 radical (unpaired) electrons. The van der Waals surface area contributed by atoms with Crippen molar-refractivity contribution in [2.45, 2.75) is 81.3 Å². The molecule has 0 aliphatic carbocycles. The second kappa shape index (κ2) is 12.8. The van der Waals surface area contributed by atoms with Crippen LogP contribution in [0.2, 0.25) is 0 Å². The third-order valence-electron chi connectivity index (χ3n) is 7.62. The Kier molecular flexibility index (Phi) is 9.47. The molecule has 0 unspecified atom stereocenters. The molecule has 0 bridgehead atoms. The summed E-state index contributed by atoms with van der Waals surface area (Å²) >= 11 is 0. The van der Waals surface area contributed by atoms with Crippen molar-refractivity contribution in [3.05, 3.63) is 66.6 Å². The van der Waals surface area contributed by atoms with Crippen LogP contribution in [-0.2, 0) is 9.59 Å². The summed E-state index contributed by atoms with van der Waals surface area (Å²) in [5, 5.41) is 6.28. The molecule has 0 aliphatic heterocycles. The highest BCUT2D eigenvalue weighted by molar-refractivity contribution is 5.82. The molecule has 3 heterocycles. The highest BCUT2D eigenvalue weighted by Gasteiger charge is 2.29. The van der Waals surface area contributed by atoms with Crippen LogP contribution in [0.15, 0.2) is 55.0 Å². The summed E-state index contributed by atoms with van der Waals surface area (Å²) < 4.78 is 0. The lowest BCUT2D eigenvalue weighted by atomic mass is 9.93. The van der Waals surface area contributed by atoms with Gasteiger partial charge >= 0.3 is 0 Å². The van der Waals surface area contributed by atoms with Gasteiger partial charge in [0.25, 0.3) is 0 Å². The number of aromatic nitrogens is 5. The fourth-order valence-electron chi connectivity index (χ4n) is 4.65. The van der Waals surface area contributed by atoms with Gasteiger partial charge in [0, 0.05) is 22.6 Å². The zero-order valence-corrected chi connectivity index (χ0v) is 27.7. The van der Waals surface area contributed by atoms with Crippen LogP contribution in [0.4, 0.5) is 0 Å². The molecule has 0 fully saturated rings. The quantitative estimate of drug-likeness (QED) is 0.162. The van der Waals surface area contributed by atoms with Crippen molar-refractivity contribution in [2.75, 3.05) is 0 Å². The van der Waals surface area contributed by atoms with Gasteiger partial charge in [-0.1, -0.05) is 99.6 Å². The molecule has 4 aromatic rings. The van der Waals surface area contributed by atoms with Crippen molar-refractivity contribution < 1.29 is 9.59 Å². The van der Waals surface area contributed by atoms with E-state index >= 15 is 0 Å². The maximum atomic E-state index is 12.6. The van der Waals surface area contributed by atoms with E-state index in [1.165, 1.54) is 0 Å². The van der Waals surface area contributed by atoms with Gasteiger partial charge in [-0.25, -0.2) is 9.97 Å². The second-order valence-electron chi connectivity index (χ2n) is 14.3. The largest absolute Gasteiger partial charge is 0.345 e. The van der Waals surface area contributed by atoms with Crippen LogP contribution in [0.5, 0.6) is 0 Å². The number of aromatic amines is 2. The number of carbonyl (C=O) groups is 2. The molecule has 0 aliphatic rings. The van der Waals surface area contributed by atoms with Gasteiger partial charge < -0.3 is 20.6 Å². The smallest absolute Gasteiger partial charge is 0.225 e. The first-order valence-electron chi connectivity index (χ1n) is 15.3. The van der Waals surface area contributed by atoms with E-state index in [0.29, 0.717) is 5.82 Å². The SMILES string of the molecule is CC(C)[C@H](NC(=O)C(C)(C)C)c1ncc(-c2ccc(-c3ccc(-c4cnc([C@@H](NC(=O)C(C)(C)C)C(C)C)[nH]4)nc3)cc2)[nH]1. The van der Waals surface area contributed by atoms with Gasteiger partial charge in [-0.2, -0.15) is 0 Å². The van der Waals surface area contributed by atoms with E-state index in [1.807, 2.05) is 66.1 Å². The van der Waals surface area contributed by atoms with E-state index < -0.39 is 10.8 Å². The zero-order valence-electron chi connectivity index (χ0n) is 27.7. The number of nitrogens with one attached hydrogen (secondary N) is 4. The number of hydrogen-bond acceptors (Lipinski definition) is 5. The van der Waals surface area contributed by atoms with Crippen LogP contribution < -0.4 is 10.6 Å². The average molecular weight is 598 g/mol. The first-order valence-corrected chi connectivity index (χ1v) is 15.3. The molecule has 4 rings (SSSR count). The number of hydrogen-bond donors (Lipinski definition) is 4. The van der Waals surface area contributed by atoms with Crippen LogP contribution in [0.3, 0.4) is 0 Å². The van der Waals surface area contributed by atoms with Crippen molar-refractivity contribution in [1.29, 1.82) is 0 Å². The summed E-state index contributed by atoms with van der Waals surface area (Å²) in [5.74, 6) is 1.79. The number of imidazole rings is 2. The third-order valence-corrected chi connectivity index (χ3v) is 7.62. The predicted octanol–water partition coefficient (Wildman–Crippen LogP) is 7.25. The highest BCUT2D eigenvalue weighted by Crippen LogP contribution is 2.29. The van der Waals surface area contributed by atoms with E-state index in [9.17, 15) is 9.59 Å². The molecule has 0 spiro atoms. The minimum absolute atomic E-state index is 0.00421. The average Bonchev–Trinajstić information content (AvgIpc) is 3.64. The van der Waals surface area contributed by atoms with Crippen molar-refractivity contribution in [2.24, 2.45) is 22.7 Å². The van der Waals surface area contributed by atoms with Gasteiger partial charge in [-0.05, 0) is 29.0 Å². The minimum Gasteiger partial charge on any atom is -0.345 e. The Morgan fingerprint density at radius 1 is 0.591 bits per heavy atom. The standard InChI is InChI=1S/C35H47N7O2/c1-20(2)28(41-32(43)34(5,6)7)30-37-18-26(39-30)23-13-11-22(12-14-23)24-15-16-25(36-17-24)27-19-38-31(40-27)29(21(3)4)42-33(44)35(8,9)10/h11-21,28-29H,1-10H3,(H,37,39)(H,38,40)(H,41,43)(H,42,44)/t28-,29-/m0/s1. The number of pyridine rings is 1. The number of H-pyrrole nitrogens is 2.